The van der Waals surface area contributed by atoms with E-state index >= 15 is 0 Å². The van der Waals surface area contributed by atoms with Crippen LogP contribution in [0.4, 0.5) is 0 Å². The van der Waals surface area contributed by atoms with Crippen LogP contribution >= 0.6 is 11.6 Å². The van der Waals surface area contributed by atoms with Gasteiger partial charge in [-0.25, -0.2) is 4.98 Å². The Morgan fingerprint density at radius 3 is 2.74 bits per heavy atom. The second kappa shape index (κ2) is 7.84. The number of nitrogens with zero attached hydrogens (tertiary/aromatic N) is 3. The third-order valence-electron chi connectivity index (χ3n) is 4.34. The number of aryl methyl sites for hydroxylation is 2. The molecular formula is C19H21ClN4O3. The van der Waals surface area contributed by atoms with Crippen LogP contribution in [0.1, 0.15) is 18.4 Å². The van der Waals surface area contributed by atoms with Gasteiger partial charge in [-0.15, -0.1) is 0 Å². The molecule has 0 atom stereocenters. The molecule has 0 radical (unpaired) electrons. The Hall–Kier alpha value is -2.80. The number of hydrogen-bond donors (Lipinski definition) is 1. The van der Waals surface area contributed by atoms with Crippen molar-refractivity contribution in [2.45, 2.75) is 26.3 Å². The number of carbonyl (C=O) groups is 1. The first-order valence-electron chi connectivity index (χ1n) is 8.48. The average Bonchev–Trinajstić information content (AvgIpc) is 3.04. The van der Waals surface area contributed by atoms with Crippen molar-refractivity contribution >= 4 is 28.5 Å². The zero-order valence-corrected chi connectivity index (χ0v) is 16.2. The van der Waals surface area contributed by atoms with Gasteiger partial charge in [-0.05, 0) is 37.1 Å². The molecule has 0 spiro atoms. The van der Waals surface area contributed by atoms with Gasteiger partial charge in [-0.2, -0.15) is 5.10 Å². The number of fused-ring (bicyclic) bond motifs is 1. The van der Waals surface area contributed by atoms with E-state index in [2.05, 4.69) is 5.10 Å². The highest BCUT2D eigenvalue weighted by atomic mass is 35.5. The molecule has 2 aromatic heterocycles. The molecule has 0 bridgehead atoms. The molecule has 3 aromatic rings. The summed E-state index contributed by atoms with van der Waals surface area (Å²) in [6, 6.07) is 5.62. The number of methoxy groups -OCH3 is 2. The molecule has 7 nitrogen and oxygen atoms in total. The lowest BCUT2D eigenvalue weighted by molar-refractivity contribution is -0.118. The minimum Gasteiger partial charge on any atom is -0.493 e. The number of nitrogens with two attached hydrogens (primary N) is 1. The fraction of sp³-hybridized carbons (Fsp3) is 0.316. The Morgan fingerprint density at radius 1 is 1.30 bits per heavy atom. The van der Waals surface area contributed by atoms with E-state index in [9.17, 15) is 4.79 Å². The third kappa shape index (κ3) is 3.68. The van der Waals surface area contributed by atoms with E-state index in [4.69, 9.17) is 31.8 Å². The zero-order valence-electron chi connectivity index (χ0n) is 15.5. The smallest absolute Gasteiger partial charge is 0.217 e. The zero-order chi connectivity index (χ0) is 19.6. The van der Waals surface area contributed by atoms with Gasteiger partial charge in [0.05, 0.1) is 36.6 Å². The van der Waals surface area contributed by atoms with Gasteiger partial charge in [0.25, 0.3) is 0 Å². The van der Waals surface area contributed by atoms with Crippen LogP contribution < -0.4 is 15.2 Å². The topological polar surface area (TPSA) is 92.3 Å². The summed E-state index contributed by atoms with van der Waals surface area (Å²) in [6.45, 7) is 2.60. The molecule has 1 amide bonds. The summed E-state index contributed by atoms with van der Waals surface area (Å²) in [6.07, 6.45) is 2.67. The van der Waals surface area contributed by atoms with Crippen LogP contribution in [0.25, 0.3) is 22.3 Å². The highest BCUT2D eigenvalue weighted by molar-refractivity contribution is 6.35. The predicted molar refractivity (Wildman–Crippen MR) is 104 cm³/mol. The van der Waals surface area contributed by atoms with Crippen molar-refractivity contribution in [3.63, 3.8) is 0 Å². The van der Waals surface area contributed by atoms with Gasteiger partial charge >= 0.3 is 0 Å². The number of pyridine rings is 1. The van der Waals surface area contributed by atoms with Gasteiger partial charge < -0.3 is 15.2 Å². The summed E-state index contributed by atoms with van der Waals surface area (Å²) >= 11 is 6.52. The van der Waals surface area contributed by atoms with Crippen LogP contribution in [0.2, 0.25) is 5.02 Å². The molecule has 0 fully saturated rings. The molecule has 0 aliphatic rings. The molecule has 3 rings (SSSR count). The Morgan fingerprint density at radius 2 is 2.07 bits per heavy atom. The number of ether oxygens (including phenoxy) is 2. The molecule has 0 aliphatic carbocycles. The van der Waals surface area contributed by atoms with Gasteiger partial charge in [0.15, 0.2) is 11.5 Å². The molecule has 0 aliphatic heterocycles. The monoisotopic (exact) mass is 388 g/mol. The summed E-state index contributed by atoms with van der Waals surface area (Å²) in [5.41, 5.74) is 9.38. The summed E-state index contributed by atoms with van der Waals surface area (Å²) < 4.78 is 12.5. The number of halogens is 1. The number of hydrogen-bond acceptors (Lipinski definition) is 5. The second-order valence-electron chi connectivity index (χ2n) is 6.16. The molecular weight excluding hydrogens is 368 g/mol. The number of primary amides is 1. The Bertz CT molecular complexity index is 1000. The molecule has 27 heavy (non-hydrogen) atoms. The van der Waals surface area contributed by atoms with Crippen LogP contribution in [0.15, 0.2) is 24.4 Å². The Balaban J connectivity index is 2.02. The van der Waals surface area contributed by atoms with Gasteiger partial charge in [0.2, 0.25) is 5.91 Å². The van der Waals surface area contributed by atoms with E-state index in [1.165, 1.54) is 0 Å². The molecule has 0 saturated heterocycles. The summed E-state index contributed by atoms with van der Waals surface area (Å²) in [7, 11) is 3.11. The highest BCUT2D eigenvalue weighted by Gasteiger charge is 2.17. The van der Waals surface area contributed by atoms with Crippen molar-refractivity contribution in [2.24, 2.45) is 5.73 Å². The van der Waals surface area contributed by atoms with E-state index in [1.54, 1.807) is 26.5 Å². The molecule has 0 saturated carbocycles. The van der Waals surface area contributed by atoms with Crippen molar-refractivity contribution < 1.29 is 14.3 Å². The molecule has 0 unspecified atom stereocenters. The largest absolute Gasteiger partial charge is 0.493 e. The van der Waals surface area contributed by atoms with E-state index in [0.717, 1.165) is 27.9 Å². The lowest BCUT2D eigenvalue weighted by Gasteiger charge is -2.13. The third-order valence-corrected chi connectivity index (χ3v) is 4.72. The van der Waals surface area contributed by atoms with Gasteiger partial charge in [0.1, 0.15) is 5.52 Å². The maximum Gasteiger partial charge on any atom is 0.217 e. The number of aromatic nitrogens is 3. The van der Waals surface area contributed by atoms with Crippen molar-refractivity contribution in [2.75, 3.05) is 14.2 Å². The first kappa shape index (κ1) is 19.0. The first-order valence-corrected chi connectivity index (χ1v) is 8.86. The van der Waals surface area contributed by atoms with E-state index < -0.39 is 0 Å². The van der Waals surface area contributed by atoms with Gasteiger partial charge in [-0.3, -0.25) is 9.48 Å². The number of carbonyl (C=O) groups excluding carboxylic acids is 1. The Labute approximate surface area is 162 Å². The normalized spacial score (nSPS) is 11.0. The standard InChI is InChI=1S/C19H21ClN4O3/c1-11-9-13(12-6-7-15(26-2)19(27-3)17(12)20)23-14-10-22-24(18(11)14)8-4-5-16(21)25/h6-7,9-10H,4-5,8H2,1-3H3,(H2,21,25). The summed E-state index contributed by atoms with van der Waals surface area (Å²) in [4.78, 5) is 15.6. The van der Waals surface area contributed by atoms with Gasteiger partial charge in [0, 0.05) is 18.5 Å². The summed E-state index contributed by atoms with van der Waals surface area (Å²) in [5.74, 6) is 0.719. The van der Waals surface area contributed by atoms with Gasteiger partial charge in [-0.1, -0.05) is 11.6 Å². The van der Waals surface area contributed by atoms with Crippen LogP contribution in [0.5, 0.6) is 11.5 Å². The van der Waals surface area contributed by atoms with Crippen LogP contribution in [-0.2, 0) is 11.3 Å². The molecule has 8 heteroatoms. The van der Waals surface area contributed by atoms with Crippen LogP contribution in [0, 0.1) is 6.92 Å². The Kier molecular flexibility index (Phi) is 5.51. The van der Waals surface area contributed by atoms with Crippen molar-refractivity contribution in [1.82, 2.24) is 14.8 Å². The van der Waals surface area contributed by atoms with E-state index in [-0.39, 0.29) is 5.91 Å². The number of amides is 1. The van der Waals surface area contributed by atoms with E-state index in [1.807, 2.05) is 23.7 Å². The summed E-state index contributed by atoms with van der Waals surface area (Å²) in [5, 5.41) is 4.84. The quantitative estimate of drug-likeness (QED) is 0.670. The minimum absolute atomic E-state index is 0.313. The number of rotatable bonds is 7. The first-order chi connectivity index (χ1) is 13.0. The number of benzene rings is 1. The van der Waals surface area contributed by atoms with Crippen LogP contribution in [0.3, 0.4) is 0 Å². The minimum atomic E-state index is -0.313. The molecule has 2 N–H and O–H groups in total. The van der Waals surface area contributed by atoms with Crippen molar-refractivity contribution in [3.05, 3.63) is 35.0 Å². The fourth-order valence-electron chi connectivity index (χ4n) is 3.10. The predicted octanol–water partition coefficient (Wildman–Crippen LogP) is 3.34. The maximum atomic E-state index is 10.9. The van der Waals surface area contributed by atoms with Crippen molar-refractivity contribution in [3.8, 4) is 22.8 Å². The molecule has 2 heterocycles. The average molecular weight is 389 g/mol. The molecule has 142 valence electrons. The van der Waals surface area contributed by atoms with E-state index in [0.29, 0.717) is 35.9 Å². The SMILES string of the molecule is COc1ccc(-c2cc(C)c3c(cnn3CCCC(N)=O)n2)c(Cl)c1OC. The second-order valence-corrected chi connectivity index (χ2v) is 6.54. The maximum absolute atomic E-state index is 10.9. The lowest BCUT2D eigenvalue weighted by Crippen LogP contribution is -2.12. The van der Waals surface area contributed by atoms with Crippen molar-refractivity contribution in [1.29, 1.82) is 0 Å². The van der Waals surface area contributed by atoms with Crippen LogP contribution in [-0.4, -0.2) is 34.9 Å². The molecule has 1 aromatic carbocycles. The fourth-order valence-corrected chi connectivity index (χ4v) is 3.43. The lowest BCUT2D eigenvalue weighted by atomic mass is 10.1. The highest BCUT2D eigenvalue weighted by Crippen LogP contribution is 2.41.